The van der Waals surface area contributed by atoms with Crippen LogP contribution in [0.5, 0.6) is 5.75 Å². The number of pyridine rings is 1. The molecule has 30 heavy (non-hydrogen) atoms. The third kappa shape index (κ3) is 4.98. The minimum Gasteiger partial charge on any atom is -0.406 e. The lowest BCUT2D eigenvalue weighted by atomic mass is 10.1. The van der Waals surface area contributed by atoms with Crippen molar-refractivity contribution in [3.05, 3.63) is 76.8 Å². The number of nitrogens with zero attached hydrogens (tertiary/aromatic N) is 3. The lowest BCUT2D eigenvalue weighted by Gasteiger charge is -2.11. The van der Waals surface area contributed by atoms with E-state index in [1.807, 2.05) is 12.3 Å². The van der Waals surface area contributed by atoms with E-state index in [2.05, 4.69) is 30.0 Å². The third-order valence-electron chi connectivity index (χ3n) is 4.26. The summed E-state index contributed by atoms with van der Waals surface area (Å²) >= 11 is 5.93. The Hall–Kier alpha value is -3.33. The molecule has 0 radical (unpaired) electrons. The summed E-state index contributed by atoms with van der Waals surface area (Å²) in [6, 6.07) is 9.51. The molecule has 1 aromatic carbocycles. The van der Waals surface area contributed by atoms with E-state index in [0.29, 0.717) is 40.7 Å². The van der Waals surface area contributed by atoms with Gasteiger partial charge in [0, 0.05) is 30.9 Å². The van der Waals surface area contributed by atoms with Crippen LogP contribution in [0.4, 0.5) is 19.0 Å². The van der Waals surface area contributed by atoms with E-state index in [0.717, 1.165) is 11.1 Å². The zero-order chi connectivity index (χ0) is 21.1. The number of ether oxygens (including phenoxy) is 1. The molecule has 4 rings (SSSR count). The highest BCUT2D eigenvalue weighted by molar-refractivity contribution is 6.29. The Labute approximate surface area is 174 Å². The van der Waals surface area contributed by atoms with Crippen molar-refractivity contribution in [1.29, 1.82) is 0 Å². The molecule has 0 bridgehead atoms. The molecule has 0 aliphatic carbocycles. The molecule has 0 saturated carbocycles. The van der Waals surface area contributed by atoms with Crippen molar-refractivity contribution in [3.63, 3.8) is 0 Å². The molecule has 0 amide bonds. The van der Waals surface area contributed by atoms with Gasteiger partial charge in [0.15, 0.2) is 5.65 Å². The van der Waals surface area contributed by atoms with Gasteiger partial charge in [0.2, 0.25) is 0 Å². The van der Waals surface area contributed by atoms with Gasteiger partial charge in [-0.15, -0.1) is 13.2 Å². The number of halogens is 4. The number of aromatic amines is 1. The molecular formula is C20H15ClF3N5O. The summed E-state index contributed by atoms with van der Waals surface area (Å²) in [6.07, 6.45) is 0.924. The quantitative estimate of drug-likeness (QED) is 0.442. The molecule has 0 atom stereocenters. The largest absolute Gasteiger partial charge is 0.573 e. The Morgan fingerprint density at radius 1 is 1.07 bits per heavy atom. The Kier molecular flexibility index (Phi) is 5.45. The molecule has 0 aliphatic heterocycles. The van der Waals surface area contributed by atoms with Gasteiger partial charge in [-0.3, -0.25) is 0 Å². The number of H-pyrrole nitrogens is 1. The first kappa shape index (κ1) is 20.0. The van der Waals surface area contributed by atoms with E-state index in [-0.39, 0.29) is 5.75 Å². The van der Waals surface area contributed by atoms with Crippen molar-refractivity contribution in [2.75, 3.05) is 5.32 Å². The second kappa shape index (κ2) is 8.19. The summed E-state index contributed by atoms with van der Waals surface area (Å²) in [5, 5.41) is 3.41. The van der Waals surface area contributed by atoms with Crippen molar-refractivity contribution in [1.82, 2.24) is 19.9 Å². The van der Waals surface area contributed by atoms with Crippen molar-refractivity contribution in [3.8, 4) is 5.75 Å². The Morgan fingerprint density at radius 2 is 1.93 bits per heavy atom. The fraction of sp³-hybridized carbons (Fsp3) is 0.150. The lowest BCUT2D eigenvalue weighted by Crippen LogP contribution is -2.17. The normalized spacial score (nSPS) is 11.6. The average molecular weight is 434 g/mol. The maximum Gasteiger partial charge on any atom is 0.573 e. The van der Waals surface area contributed by atoms with Crippen LogP contribution in [0.25, 0.3) is 11.2 Å². The van der Waals surface area contributed by atoms with E-state index in [1.54, 1.807) is 18.3 Å². The Balaban J connectivity index is 1.39. The maximum absolute atomic E-state index is 12.3. The predicted octanol–water partition coefficient (Wildman–Crippen LogP) is 5.11. The number of alkyl halides is 3. The molecule has 3 heterocycles. The number of anilines is 1. The number of rotatable bonds is 6. The van der Waals surface area contributed by atoms with Gasteiger partial charge in [0.25, 0.3) is 0 Å². The van der Waals surface area contributed by atoms with Crippen LogP contribution >= 0.6 is 11.6 Å². The van der Waals surface area contributed by atoms with Gasteiger partial charge < -0.3 is 15.0 Å². The highest BCUT2D eigenvalue weighted by Crippen LogP contribution is 2.24. The van der Waals surface area contributed by atoms with Gasteiger partial charge in [-0.2, -0.15) is 0 Å². The van der Waals surface area contributed by atoms with Crippen LogP contribution in [0, 0.1) is 0 Å². The standard InChI is InChI=1S/C20H15ClF3N5O/c21-16-11-28-19-18(29-16)14(10-27-19)6-13-4-5-17(26-9-13)25-8-12-2-1-3-15(7-12)30-20(22,23)24/h1-5,7,9-11H,6,8H2,(H,25,26)(H,27,28). The summed E-state index contributed by atoms with van der Waals surface area (Å²) in [5.74, 6) is 0.342. The Morgan fingerprint density at radius 3 is 2.70 bits per heavy atom. The molecule has 0 spiro atoms. The number of fused-ring (bicyclic) bond motifs is 1. The van der Waals surface area contributed by atoms with Crippen LogP contribution in [-0.4, -0.2) is 26.3 Å². The third-order valence-corrected chi connectivity index (χ3v) is 4.44. The summed E-state index contributed by atoms with van der Waals surface area (Å²) in [5.41, 5.74) is 3.92. The van der Waals surface area contributed by atoms with E-state index in [4.69, 9.17) is 11.6 Å². The fourth-order valence-corrected chi connectivity index (χ4v) is 3.09. The Bertz CT molecular complexity index is 1160. The van der Waals surface area contributed by atoms with Crippen LogP contribution < -0.4 is 10.1 Å². The van der Waals surface area contributed by atoms with Crippen molar-refractivity contribution in [2.24, 2.45) is 0 Å². The molecule has 6 nitrogen and oxygen atoms in total. The topological polar surface area (TPSA) is 75.7 Å². The SMILES string of the molecule is FC(F)(F)Oc1cccc(CNc2ccc(Cc3c[nH]c4ncc(Cl)nc34)cn2)c1. The van der Waals surface area contributed by atoms with Gasteiger partial charge in [0.05, 0.1) is 6.20 Å². The van der Waals surface area contributed by atoms with Crippen LogP contribution in [0.15, 0.2) is 55.0 Å². The lowest BCUT2D eigenvalue weighted by molar-refractivity contribution is -0.274. The smallest absolute Gasteiger partial charge is 0.406 e. The van der Waals surface area contributed by atoms with Crippen molar-refractivity contribution >= 4 is 28.6 Å². The van der Waals surface area contributed by atoms with Gasteiger partial charge >= 0.3 is 6.36 Å². The van der Waals surface area contributed by atoms with Gasteiger partial charge in [-0.1, -0.05) is 29.8 Å². The number of aromatic nitrogens is 4. The summed E-state index contributed by atoms with van der Waals surface area (Å²) < 4.78 is 41.0. The first-order valence-electron chi connectivity index (χ1n) is 8.88. The monoisotopic (exact) mass is 433 g/mol. The maximum atomic E-state index is 12.3. The van der Waals surface area contributed by atoms with Crippen molar-refractivity contribution < 1.29 is 17.9 Å². The van der Waals surface area contributed by atoms with Gasteiger partial charge in [-0.25, -0.2) is 15.0 Å². The molecule has 0 saturated heterocycles. The highest BCUT2D eigenvalue weighted by Gasteiger charge is 2.31. The van der Waals surface area contributed by atoms with E-state index >= 15 is 0 Å². The van der Waals surface area contributed by atoms with E-state index < -0.39 is 6.36 Å². The molecule has 0 fully saturated rings. The van der Waals surface area contributed by atoms with E-state index in [1.165, 1.54) is 24.4 Å². The molecule has 0 unspecified atom stereocenters. The summed E-state index contributed by atoms with van der Waals surface area (Å²) in [4.78, 5) is 15.9. The molecule has 10 heteroatoms. The zero-order valence-corrected chi connectivity index (χ0v) is 16.1. The number of benzene rings is 1. The molecule has 4 aromatic rings. The van der Waals surface area contributed by atoms with E-state index in [9.17, 15) is 13.2 Å². The fourth-order valence-electron chi connectivity index (χ4n) is 2.95. The minimum absolute atomic E-state index is 0.257. The van der Waals surface area contributed by atoms with Crippen LogP contribution in [0.3, 0.4) is 0 Å². The molecule has 154 valence electrons. The second-order valence-corrected chi connectivity index (χ2v) is 6.87. The first-order chi connectivity index (χ1) is 14.4. The predicted molar refractivity (Wildman–Crippen MR) is 106 cm³/mol. The van der Waals surface area contributed by atoms with Crippen LogP contribution in [0.1, 0.15) is 16.7 Å². The highest BCUT2D eigenvalue weighted by atomic mass is 35.5. The van der Waals surface area contributed by atoms with Gasteiger partial charge in [-0.05, 0) is 29.3 Å². The number of hydrogen-bond acceptors (Lipinski definition) is 5. The molecular weight excluding hydrogens is 419 g/mol. The van der Waals surface area contributed by atoms with Crippen molar-refractivity contribution in [2.45, 2.75) is 19.3 Å². The molecule has 3 aromatic heterocycles. The molecule has 2 N–H and O–H groups in total. The van der Waals surface area contributed by atoms with Gasteiger partial charge in [0.1, 0.15) is 22.2 Å². The zero-order valence-electron chi connectivity index (χ0n) is 15.4. The number of nitrogens with one attached hydrogen (secondary N) is 2. The summed E-state index contributed by atoms with van der Waals surface area (Å²) in [6.45, 7) is 0.304. The molecule has 0 aliphatic rings. The first-order valence-corrected chi connectivity index (χ1v) is 9.25. The minimum atomic E-state index is -4.72. The van der Waals surface area contributed by atoms with Crippen LogP contribution in [0.2, 0.25) is 5.15 Å². The summed E-state index contributed by atoms with van der Waals surface area (Å²) in [7, 11) is 0. The average Bonchev–Trinajstić information content (AvgIpc) is 3.08. The number of hydrogen-bond donors (Lipinski definition) is 2. The second-order valence-electron chi connectivity index (χ2n) is 6.48. The van der Waals surface area contributed by atoms with Crippen LogP contribution in [-0.2, 0) is 13.0 Å².